The van der Waals surface area contributed by atoms with Gasteiger partial charge in [-0.3, -0.25) is 10.1 Å². The lowest BCUT2D eigenvalue weighted by Crippen LogP contribution is -2.48. The van der Waals surface area contributed by atoms with Gasteiger partial charge in [-0.1, -0.05) is 12.1 Å². The molecule has 1 aliphatic rings. The number of aromatic nitrogens is 1. The fourth-order valence-corrected chi connectivity index (χ4v) is 2.97. The summed E-state index contributed by atoms with van der Waals surface area (Å²) in [4.78, 5) is 17.5. The number of ether oxygens (including phenoxy) is 1. The second-order valence-corrected chi connectivity index (χ2v) is 6.24. The highest BCUT2D eigenvalue weighted by molar-refractivity contribution is 5.97. The van der Waals surface area contributed by atoms with Crippen molar-refractivity contribution in [1.82, 2.24) is 4.98 Å². The first-order valence-electron chi connectivity index (χ1n) is 7.31. The molecule has 0 bridgehead atoms. The van der Waals surface area contributed by atoms with Crippen LogP contribution in [0.25, 0.3) is 10.9 Å². The van der Waals surface area contributed by atoms with E-state index in [2.05, 4.69) is 23.7 Å². The van der Waals surface area contributed by atoms with Crippen LogP contribution in [0.15, 0.2) is 24.3 Å². The molecule has 116 valence electrons. The van der Waals surface area contributed by atoms with Gasteiger partial charge in [-0.05, 0) is 26.8 Å². The summed E-state index contributed by atoms with van der Waals surface area (Å²) in [5.41, 5.74) is 2.04. The summed E-state index contributed by atoms with van der Waals surface area (Å²) in [7, 11) is 0. The summed E-state index contributed by atoms with van der Waals surface area (Å²) >= 11 is 0. The molecule has 6 nitrogen and oxygen atoms in total. The van der Waals surface area contributed by atoms with E-state index in [0.717, 1.165) is 29.9 Å². The Morgan fingerprint density at radius 1 is 1.41 bits per heavy atom. The molecule has 1 aliphatic heterocycles. The molecule has 1 aromatic heterocycles. The molecule has 1 aromatic carbocycles. The van der Waals surface area contributed by atoms with Crippen molar-refractivity contribution in [3.63, 3.8) is 0 Å². The molecule has 22 heavy (non-hydrogen) atoms. The highest BCUT2D eigenvalue weighted by Crippen LogP contribution is 2.33. The molecular weight excluding hydrogens is 282 g/mol. The molecule has 0 aliphatic carbocycles. The average molecular weight is 301 g/mol. The molecule has 0 radical (unpaired) electrons. The Hall–Kier alpha value is -2.21. The van der Waals surface area contributed by atoms with Crippen LogP contribution in [0, 0.1) is 17.0 Å². The molecule has 2 aromatic rings. The maximum Gasteiger partial charge on any atom is 0.295 e. The molecule has 1 fully saturated rings. The van der Waals surface area contributed by atoms with Crippen molar-refractivity contribution >= 4 is 22.3 Å². The molecular formula is C16H19N3O3. The average Bonchev–Trinajstić information content (AvgIpc) is 2.44. The van der Waals surface area contributed by atoms with Crippen LogP contribution >= 0.6 is 0 Å². The molecule has 3 rings (SSSR count). The number of non-ortho nitro benzene ring substituents is 1. The second-order valence-electron chi connectivity index (χ2n) is 6.24. The molecule has 0 spiro atoms. The summed E-state index contributed by atoms with van der Waals surface area (Å²) in [6, 6.07) is 7.11. The van der Waals surface area contributed by atoms with Crippen LogP contribution in [-0.2, 0) is 4.74 Å². The summed E-state index contributed by atoms with van der Waals surface area (Å²) in [6.07, 6.45) is 0. The maximum atomic E-state index is 11.2. The smallest absolute Gasteiger partial charge is 0.295 e. The van der Waals surface area contributed by atoms with E-state index in [-0.39, 0.29) is 16.2 Å². The van der Waals surface area contributed by atoms with E-state index in [1.54, 1.807) is 6.07 Å². The van der Waals surface area contributed by atoms with Crippen molar-refractivity contribution in [2.24, 2.45) is 0 Å². The summed E-state index contributed by atoms with van der Waals surface area (Å²) < 4.78 is 5.76. The lowest BCUT2D eigenvalue weighted by atomic mass is 10.0. The fourth-order valence-electron chi connectivity index (χ4n) is 2.97. The normalized spacial score (nSPS) is 17.7. The Kier molecular flexibility index (Phi) is 3.48. The molecule has 1 saturated heterocycles. The Balaban J connectivity index is 2.17. The van der Waals surface area contributed by atoms with Crippen LogP contribution in [-0.4, -0.2) is 35.2 Å². The van der Waals surface area contributed by atoms with Crippen molar-refractivity contribution in [3.05, 3.63) is 40.1 Å². The lowest BCUT2D eigenvalue weighted by molar-refractivity contribution is -0.383. The topological polar surface area (TPSA) is 68.5 Å². The van der Waals surface area contributed by atoms with Crippen LogP contribution < -0.4 is 4.90 Å². The zero-order chi connectivity index (χ0) is 15.9. The van der Waals surface area contributed by atoms with Crippen LogP contribution in [0.3, 0.4) is 0 Å². The molecule has 0 unspecified atom stereocenters. The van der Waals surface area contributed by atoms with Gasteiger partial charge in [0.2, 0.25) is 0 Å². The third-order valence-electron chi connectivity index (χ3n) is 3.89. The van der Waals surface area contributed by atoms with E-state index in [0.29, 0.717) is 12.1 Å². The van der Waals surface area contributed by atoms with Gasteiger partial charge in [-0.2, -0.15) is 0 Å². The van der Waals surface area contributed by atoms with Crippen LogP contribution in [0.1, 0.15) is 19.5 Å². The zero-order valence-corrected chi connectivity index (χ0v) is 13.0. The number of nitrogens with zero attached hydrogens (tertiary/aromatic N) is 3. The van der Waals surface area contributed by atoms with Gasteiger partial charge in [-0.15, -0.1) is 0 Å². The van der Waals surface area contributed by atoms with Crippen molar-refractivity contribution in [3.8, 4) is 0 Å². The molecule has 0 N–H and O–H groups in total. The van der Waals surface area contributed by atoms with Gasteiger partial charge in [0.15, 0.2) is 5.52 Å². The highest BCUT2D eigenvalue weighted by Gasteiger charge is 2.29. The largest absolute Gasteiger partial charge is 0.372 e. The van der Waals surface area contributed by atoms with Gasteiger partial charge in [0.1, 0.15) is 0 Å². The van der Waals surface area contributed by atoms with Gasteiger partial charge in [0.05, 0.1) is 17.1 Å². The Morgan fingerprint density at radius 3 is 2.86 bits per heavy atom. The van der Waals surface area contributed by atoms with Gasteiger partial charge in [-0.25, -0.2) is 4.98 Å². The summed E-state index contributed by atoms with van der Waals surface area (Å²) in [5.74, 6) is 0. The SMILES string of the molecule is Cc1cc(N2CCOC(C)(C)C2)c2cccc([N+](=O)[O-])c2n1. The second kappa shape index (κ2) is 5.21. The maximum absolute atomic E-state index is 11.2. The standard InChI is InChI=1S/C16H19N3O3/c1-11-9-14(18-7-8-22-16(2,3)10-18)12-5-4-6-13(19(20)21)15(12)17-11/h4-6,9H,7-8,10H2,1-3H3. The van der Waals surface area contributed by atoms with Crippen LogP contribution in [0.2, 0.25) is 0 Å². The first-order chi connectivity index (χ1) is 10.4. The Morgan fingerprint density at radius 2 is 2.18 bits per heavy atom. The van der Waals surface area contributed by atoms with Crippen LogP contribution in [0.4, 0.5) is 11.4 Å². The summed E-state index contributed by atoms with van der Waals surface area (Å²) in [5, 5.41) is 12.1. The van der Waals surface area contributed by atoms with E-state index < -0.39 is 0 Å². The number of hydrogen-bond acceptors (Lipinski definition) is 5. The number of hydrogen-bond donors (Lipinski definition) is 0. The molecule has 0 atom stereocenters. The number of rotatable bonds is 2. The van der Waals surface area contributed by atoms with E-state index in [1.165, 1.54) is 6.07 Å². The number of fused-ring (bicyclic) bond motifs is 1. The Labute approximate surface area is 128 Å². The van der Waals surface area contributed by atoms with Gasteiger partial charge in [0.25, 0.3) is 5.69 Å². The minimum atomic E-state index is -0.373. The quantitative estimate of drug-likeness (QED) is 0.630. The summed E-state index contributed by atoms with van der Waals surface area (Å²) in [6.45, 7) is 8.13. The third-order valence-corrected chi connectivity index (χ3v) is 3.89. The Bertz CT molecular complexity index is 743. The van der Waals surface area contributed by atoms with Gasteiger partial charge >= 0.3 is 0 Å². The lowest BCUT2D eigenvalue weighted by Gasteiger charge is -2.39. The number of anilines is 1. The van der Waals surface area contributed by atoms with E-state index in [4.69, 9.17) is 4.74 Å². The molecule has 0 amide bonds. The first kappa shape index (κ1) is 14.7. The molecule has 2 heterocycles. The number of morpholine rings is 1. The predicted octanol–water partition coefficient (Wildman–Crippen LogP) is 3.07. The van der Waals surface area contributed by atoms with E-state index in [9.17, 15) is 10.1 Å². The zero-order valence-electron chi connectivity index (χ0n) is 13.0. The number of pyridine rings is 1. The van der Waals surface area contributed by atoms with Gasteiger partial charge in [0, 0.05) is 35.9 Å². The number of para-hydroxylation sites is 1. The predicted molar refractivity (Wildman–Crippen MR) is 85.4 cm³/mol. The highest BCUT2D eigenvalue weighted by atomic mass is 16.6. The van der Waals surface area contributed by atoms with Crippen molar-refractivity contribution in [2.45, 2.75) is 26.4 Å². The van der Waals surface area contributed by atoms with Crippen molar-refractivity contribution < 1.29 is 9.66 Å². The molecule has 6 heteroatoms. The fraction of sp³-hybridized carbons (Fsp3) is 0.438. The molecule has 0 saturated carbocycles. The monoisotopic (exact) mass is 301 g/mol. The third kappa shape index (κ3) is 2.62. The number of nitro benzene ring substituents is 1. The van der Waals surface area contributed by atoms with E-state index >= 15 is 0 Å². The minimum Gasteiger partial charge on any atom is -0.372 e. The van der Waals surface area contributed by atoms with Crippen molar-refractivity contribution in [2.75, 3.05) is 24.6 Å². The number of benzene rings is 1. The van der Waals surface area contributed by atoms with E-state index in [1.807, 2.05) is 19.1 Å². The number of aryl methyl sites for hydroxylation is 1. The first-order valence-corrected chi connectivity index (χ1v) is 7.31. The number of nitro groups is 1. The van der Waals surface area contributed by atoms with Crippen LogP contribution in [0.5, 0.6) is 0 Å². The van der Waals surface area contributed by atoms with Crippen molar-refractivity contribution in [1.29, 1.82) is 0 Å². The minimum absolute atomic E-state index is 0.0509. The van der Waals surface area contributed by atoms with Gasteiger partial charge < -0.3 is 9.64 Å².